The Morgan fingerprint density at radius 3 is 2.70 bits per heavy atom. The van der Waals surface area contributed by atoms with Crippen LogP contribution in [0.2, 0.25) is 10.2 Å². The van der Waals surface area contributed by atoms with Gasteiger partial charge in [0.15, 0.2) is 0 Å². The fourth-order valence-corrected chi connectivity index (χ4v) is 3.49. The Balaban J connectivity index is 1.66. The number of carbonyl (C=O) groups excluding carboxylic acids is 1. The zero-order chi connectivity index (χ0) is 19.4. The second-order valence-electron chi connectivity index (χ2n) is 6.79. The number of piperazine rings is 1. The van der Waals surface area contributed by atoms with E-state index in [1.165, 1.54) is 11.0 Å². The van der Waals surface area contributed by atoms with E-state index in [9.17, 15) is 4.79 Å². The van der Waals surface area contributed by atoms with E-state index in [1.807, 2.05) is 36.2 Å². The molecule has 3 rings (SSSR count). The smallest absolute Gasteiger partial charge is 0.258 e. The van der Waals surface area contributed by atoms with Gasteiger partial charge in [-0.05, 0) is 24.6 Å². The minimum absolute atomic E-state index is 0.163. The molecule has 0 unspecified atom stereocenters. The lowest BCUT2D eigenvalue weighted by molar-refractivity contribution is -0.884. The number of halogens is 2. The SMILES string of the molecule is Cc1nn(Cc2ccccc2Cl)c(Cl)c1/C=C/C(=O)NN1CC[NH+](C)CC1. The Morgan fingerprint density at radius 1 is 1.30 bits per heavy atom. The average molecular weight is 409 g/mol. The summed E-state index contributed by atoms with van der Waals surface area (Å²) < 4.78 is 1.69. The van der Waals surface area contributed by atoms with E-state index in [0.717, 1.165) is 43.0 Å². The lowest BCUT2D eigenvalue weighted by Crippen LogP contribution is -3.12. The number of amides is 1. The highest BCUT2D eigenvalue weighted by Gasteiger charge is 2.18. The molecule has 1 fully saturated rings. The van der Waals surface area contributed by atoms with E-state index >= 15 is 0 Å². The zero-order valence-electron chi connectivity index (χ0n) is 15.5. The Bertz CT molecular complexity index is 841. The highest BCUT2D eigenvalue weighted by atomic mass is 35.5. The fraction of sp³-hybridized carbons (Fsp3) is 0.368. The molecule has 0 saturated carbocycles. The molecule has 1 amide bonds. The van der Waals surface area contributed by atoms with E-state index in [1.54, 1.807) is 10.8 Å². The van der Waals surface area contributed by atoms with Crippen LogP contribution in [0, 0.1) is 6.92 Å². The van der Waals surface area contributed by atoms with Crippen molar-refractivity contribution in [1.29, 1.82) is 0 Å². The first-order valence-electron chi connectivity index (χ1n) is 8.95. The van der Waals surface area contributed by atoms with Crippen molar-refractivity contribution in [3.8, 4) is 0 Å². The maximum Gasteiger partial charge on any atom is 0.258 e. The molecule has 1 aliphatic rings. The minimum atomic E-state index is -0.163. The van der Waals surface area contributed by atoms with Crippen molar-refractivity contribution in [1.82, 2.24) is 20.2 Å². The van der Waals surface area contributed by atoms with Gasteiger partial charge in [0, 0.05) is 16.7 Å². The number of rotatable bonds is 5. The predicted molar refractivity (Wildman–Crippen MR) is 108 cm³/mol. The van der Waals surface area contributed by atoms with Gasteiger partial charge in [-0.1, -0.05) is 41.4 Å². The van der Waals surface area contributed by atoms with Crippen molar-refractivity contribution < 1.29 is 9.69 Å². The Labute approximate surface area is 169 Å². The summed E-state index contributed by atoms with van der Waals surface area (Å²) in [4.78, 5) is 13.7. The van der Waals surface area contributed by atoms with Gasteiger partial charge in [-0.15, -0.1) is 0 Å². The van der Waals surface area contributed by atoms with Gasteiger partial charge in [-0.2, -0.15) is 5.10 Å². The molecule has 1 aromatic heterocycles. The summed E-state index contributed by atoms with van der Waals surface area (Å²) >= 11 is 12.7. The van der Waals surface area contributed by atoms with Crippen LogP contribution in [0.4, 0.5) is 0 Å². The Kier molecular flexibility index (Phi) is 6.55. The molecule has 0 spiro atoms. The normalized spacial score (nSPS) is 16.1. The summed E-state index contributed by atoms with van der Waals surface area (Å²) in [5.74, 6) is -0.163. The topological polar surface area (TPSA) is 54.6 Å². The van der Waals surface area contributed by atoms with Crippen LogP contribution in [-0.4, -0.2) is 53.9 Å². The third-order valence-electron chi connectivity index (χ3n) is 4.67. The number of hydrazine groups is 1. The fourth-order valence-electron chi connectivity index (χ4n) is 3.00. The maximum atomic E-state index is 12.2. The number of aryl methyl sites for hydroxylation is 1. The lowest BCUT2D eigenvalue weighted by atomic mass is 10.2. The summed E-state index contributed by atoms with van der Waals surface area (Å²) in [6, 6.07) is 7.59. The van der Waals surface area contributed by atoms with Gasteiger partial charge < -0.3 is 4.90 Å². The van der Waals surface area contributed by atoms with Crippen molar-refractivity contribution >= 4 is 35.2 Å². The van der Waals surface area contributed by atoms with Crippen LogP contribution in [0.15, 0.2) is 30.3 Å². The van der Waals surface area contributed by atoms with Crippen LogP contribution in [-0.2, 0) is 11.3 Å². The molecule has 2 aromatic rings. The van der Waals surface area contributed by atoms with E-state index in [-0.39, 0.29) is 5.91 Å². The molecule has 27 heavy (non-hydrogen) atoms. The first-order valence-corrected chi connectivity index (χ1v) is 9.71. The van der Waals surface area contributed by atoms with Gasteiger partial charge in [0.05, 0.1) is 45.5 Å². The summed E-state index contributed by atoms with van der Waals surface area (Å²) in [5, 5.41) is 7.59. The first kappa shape index (κ1) is 19.9. The molecular formula is C19H24Cl2N5O+. The number of carbonyl (C=O) groups is 1. The molecule has 6 nitrogen and oxygen atoms in total. The molecular weight excluding hydrogens is 385 g/mol. The van der Waals surface area contributed by atoms with Crippen LogP contribution < -0.4 is 10.3 Å². The van der Waals surface area contributed by atoms with Crippen molar-refractivity contribution in [3.05, 3.63) is 57.3 Å². The van der Waals surface area contributed by atoms with Crippen LogP contribution in [0.3, 0.4) is 0 Å². The molecule has 2 N–H and O–H groups in total. The molecule has 1 saturated heterocycles. The molecule has 2 heterocycles. The number of likely N-dealkylation sites (N-methyl/N-ethyl adjacent to an activating group) is 1. The van der Waals surface area contributed by atoms with Crippen LogP contribution in [0.1, 0.15) is 16.8 Å². The highest BCUT2D eigenvalue weighted by molar-refractivity contribution is 6.32. The molecule has 0 radical (unpaired) electrons. The van der Waals surface area contributed by atoms with Gasteiger partial charge in [0.25, 0.3) is 5.91 Å². The Morgan fingerprint density at radius 2 is 2.00 bits per heavy atom. The monoisotopic (exact) mass is 408 g/mol. The van der Waals surface area contributed by atoms with E-state index in [0.29, 0.717) is 16.7 Å². The van der Waals surface area contributed by atoms with Crippen molar-refractivity contribution in [2.75, 3.05) is 33.2 Å². The third kappa shape index (κ3) is 5.11. The van der Waals surface area contributed by atoms with Gasteiger partial charge in [0.2, 0.25) is 0 Å². The molecule has 0 atom stereocenters. The standard InChI is InChI=1S/C19H23Cl2N5O/c1-14-16(7-8-18(27)23-25-11-9-24(2)10-12-25)19(21)26(22-14)13-15-5-3-4-6-17(15)20/h3-8H,9-13H2,1-2H3,(H,23,27)/p+1/b8-7+. The van der Waals surface area contributed by atoms with Gasteiger partial charge >= 0.3 is 0 Å². The van der Waals surface area contributed by atoms with Crippen molar-refractivity contribution in [3.63, 3.8) is 0 Å². The number of hydrogen-bond donors (Lipinski definition) is 2. The Hall–Kier alpha value is -1.86. The molecule has 0 bridgehead atoms. The summed E-state index contributed by atoms with van der Waals surface area (Å²) in [6.07, 6.45) is 3.21. The molecule has 1 aliphatic heterocycles. The van der Waals surface area contributed by atoms with Crippen LogP contribution >= 0.6 is 23.2 Å². The second kappa shape index (κ2) is 8.89. The quantitative estimate of drug-likeness (QED) is 0.735. The summed E-state index contributed by atoms with van der Waals surface area (Å²) in [5.41, 5.74) is 5.35. The number of benzene rings is 1. The maximum absolute atomic E-state index is 12.2. The van der Waals surface area contributed by atoms with Crippen LogP contribution in [0.25, 0.3) is 6.08 Å². The van der Waals surface area contributed by atoms with E-state index < -0.39 is 0 Å². The van der Waals surface area contributed by atoms with Crippen molar-refractivity contribution in [2.45, 2.75) is 13.5 Å². The molecule has 1 aromatic carbocycles. The molecule has 0 aliphatic carbocycles. The zero-order valence-corrected chi connectivity index (χ0v) is 17.0. The highest BCUT2D eigenvalue weighted by Crippen LogP contribution is 2.24. The largest absolute Gasteiger partial charge is 0.335 e. The second-order valence-corrected chi connectivity index (χ2v) is 7.56. The number of quaternary nitrogens is 1. The third-order valence-corrected chi connectivity index (χ3v) is 5.44. The van der Waals surface area contributed by atoms with Gasteiger partial charge in [-0.3, -0.25) is 10.2 Å². The van der Waals surface area contributed by atoms with Crippen LogP contribution in [0.5, 0.6) is 0 Å². The summed E-state index contributed by atoms with van der Waals surface area (Å²) in [7, 11) is 2.16. The number of nitrogens with one attached hydrogen (secondary N) is 2. The van der Waals surface area contributed by atoms with Gasteiger partial charge in [0.1, 0.15) is 5.15 Å². The first-order chi connectivity index (χ1) is 12.9. The number of aromatic nitrogens is 2. The van der Waals surface area contributed by atoms with E-state index in [4.69, 9.17) is 23.2 Å². The van der Waals surface area contributed by atoms with Crippen molar-refractivity contribution in [2.24, 2.45) is 0 Å². The summed E-state index contributed by atoms with van der Waals surface area (Å²) in [6.45, 7) is 6.08. The molecule has 8 heteroatoms. The molecule has 144 valence electrons. The number of nitrogens with zero attached hydrogens (tertiary/aromatic N) is 3. The van der Waals surface area contributed by atoms with Gasteiger partial charge in [-0.25, -0.2) is 9.69 Å². The average Bonchev–Trinajstić information content (AvgIpc) is 2.90. The predicted octanol–water partition coefficient (Wildman–Crippen LogP) is 1.42. The lowest BCUT2D eigenvalue weighted by Gasteiger charge is -2.29. The minimum Gasteiger partial charge on any atom is -0.335 e. The van der Waals surface area contributed by atoms with E-state index in [2.05, 4.69) is 17.6 Å². The number of hydrogen-bond acceptors (Lipinski definition) is 3.